The fraction of sp³-hybridized carbons (Fsp3) is 0.571. The SMILES string of the molecule is CO[C@@H]1CCN(S(=O)(=O)c2cn(C)cn2)[C@H]1Cc1cnn(C)c1. The van der Waals surface area contributed by atoms with Crippen LogP contribution in [0.15, 0.2) is 29.9 Å². The second kappa shape index (κ2) is 6.06. The summed E-state index contributed by atoms with van der Waals surface area (Å²) < 4.78 is 36.1. The molecule has 0 saturated carbocycles. The van der Waals surface area contributed by atoms with Gasteiger partial charge in [-0.3, -0.25) is 4.68 Å². The van der Waals surface area contributed by atoms with Crippen LogP contribution in [-0.4, -0.2) is 57.9 Å². The lowest BCUT2D eigenvalue weighted by molar-refractivity contribution is 0.0809. The van der Waals surface area contributed by atoms with Gasteiger partial charge in [-0.25, -0.2) is 13.4 Å². The van der Waals surface area contributed by atoms with Gasteiger partial charge >= 0.3 is 0 Å². The van der Waals surface area contributed by atoms with Crippen LogP contribution < -0.4 is 0 Å². The van der Waals surface area contributed by atoms with E-state index < -0.39 is 10.0 Å². The molecule has 126 valence electrons. The van der Waals surface area contributed by atoms with Crippen LogP contribution in [0.25, 0.3) is 0 Å². The topological polar surface area (TPSA) is 82.2 Å². The second-order valence-electron chi connectivity index (χ2n) is 5.85. The molecule has 2 aromatic rings. The van der Waals surface area contributed by atoms with Crippen molar-refractivity contribution in [1.29, 1.82) is 0 Å². The minimum atomic E-state index is -3.63. The molecule has 0 spiro atoms. The Bertz CT molecular complexity index is 782. The van der Waals surface area contributed by atoms with Crippen LogP contribution in [0.1, 0.15) is 12.0 Å². The van der Waals surface area contributed by atoms with E-state index in [0.29, 0.717) is 19.4 Å². The minimum Gasteiger partial charge on any atom is -0.380 e. The second-order valence-corrected chi connectivity index (χ2v) is 7.69. The third-order valence-corrected chi connectivity index (χ3v) is 6.00. The monoisotopic (exact) mass is 339 g/mol. The predicted molar refractivity (Wildman–Crippen MR) is 83.2 cm³/mol. The van der Waals surface area contributed by atoms with Gasteiger partial charge in [0.25, 0.3) is 10.0 Å². The Balaban J connectivity index is 1.90. The Kier molecular flexibility index (Phi) is 4.26. The molecule has 0 amide bonds. The van der Waals surface area contributed by atoms with Crippen LogP contribution in [0.2, 0.25) is 0 Å². The maximum atomic E-state index is 12.9. The van der Waals surface area contributed by atoms with Crippen molar-refractivity contribution in [1.82, 2.24) is 23.6 Å². The Morgan fingerprint density at radius 1 is 1.35 bits per heavy atom. The highest BCUT2D eigenvalue weighted by atomic mass is 32.2. The molecule has 2 atom stereocenters. The largest absolute Gasteiger partial charge is 0.380 e. The van der Waals surface area contributed by atoms with E-state index in [1.165, 1.54) is 16.8 Å². The van der Waals surface area contributed by atoms with Crippen molar-refractivity contribution in [2.45, 2.75) is 30.0 Å². The number of hydrogen-bond donors (Lipinski definition) is 0. The molecule has 1 aliphatic heterocycles. The van der Waals surface area contributed by atoms with Crippen LogP contribution in [0.3, 0.4) is 0 Å². The van der Waals surface area contributed by atoms with Gasteiger partial charge in [0, 0.05) is 40.1 Å². The summed E-state index contributed by atoms with van der Waals surface area (Å²) in [5.41, 5.74) is 0.989. The van der Waals surface area contributed by atoms with E-state index in [2.05, 4.69) is 10.1 Å². The van der Waals surface area contributed by atoms with Crippen molar-refractivity contribution in [2.75, 3.05) is 13.7 Å². The summed E-state index contributed by atoms with van der Waals surface area (Å²) in [6.07, 6.45) is 7.79. The zero-order valence-corrected chi connectivity index (χ0v) is 14.3. The number of rotatable bonds is 5. The molecule has 2 aromatic heterocycles. The minimum absolute atomic E-state index is 0.0768. The molecule has 9 heteroatoms. The first-order chi connectivity index (χ1) is 10.9. The summed E-state index contributed by atoms with van der Waals surface area (Å²) in [6, 6.07) is -0.254. The van der Waals surface area contributed by atoms with E-state index in [0.717, 1.165) is 5.56 Å². The molecule has 1 saturated heterocycles. The normalized spacial score (nSPS) is 22.7. The van der Waals surface area contributed by atoms with Gasteiger partial charge in [-0.05, 0) is 18.4 Å². The van der Waals surface area contributed by atoms with Gasteiger partial charge in [0.1, 0.15) is 0 Å². The Morgan fingerprint density at radius 3 is 2.70 bits per heavy atom. The number of sulfonamides is 1. The first kappa shape index (κ1) is 16.2. The molecule has 3 heterocycles. The van der Waals surface area contributed by atoms with E-state index in [1.54, 1.807) is 29.6 Å². The number of hydrogen-bond acceptors (Lipinski definition) is 5. The molecule has 0 bridgehead atoms. The lowest BCUT2D eigenvalue weighted by Crippen LogP contribution is -2.41. The van der Waals surface area contributed by atoms with Crippen LogP contribution in [-0.2, 0) is 35.3 Å². The van der Waals surface area contributed by atoms with Crippen molar-refractivity contribution < 1.29 is 13.2 Å². The average Bonchev–Trinajstić information content (AvgIpc) is 3.20. The van der Waals surface area contributed by atoms with Crippen molar-refractivity contribution in [3.05, 3.63) is 30.5 Å². The third-order valence-electron chi connectivity index (χ3n) is 4.19. The molecule has 1 aliphatic rings. The number of imidazole rings is 1. The van der Waals surface area contributed by atoms with Crippen molar-refractivity contribution >= 4 is 10.0 Å². The maximum Gasteiger partial charge on any atom is 0.262 e. The van der Waals surface area contributed by atoms with E-state index >= 15 is 0 Å². The molecule has 0 aromatic carbocycles. The molecule has 8 nitrogen and oxygen atoms in total. The quantitative estimate of drug-likeness (QED) is 0.776. The van der Waals surface area contributed by atoms with Crippen LogP contribution in [0.4, 0.5) is 0 Å². The molecular formula is C14H21N5O3S. The molecule has 0 aliphatic carbocycles. The van der Waals surface area contributed by atoms with Gasteiger partial charge in [0.2, 0.25) is 0 Å². The number of methoxy groups -OCH3 is 1. The fourth-order valence-corrected chi connectivity index (χ4v) is 4.70. The zero-order chi connectivity index (χ0) is 16.6. The van der Waals surface area contributed by atoms with Crippen LogP contribution in [0, 0.1) is 0 Å². The number of nitrogens with zero attached hydrogens (tertiary/aromatic N) is 5. The highest BCUT2D eigenvalue weighted by Crippen LogP contribution is 2.29. The van der Waals surface area contributed by atoms with Gasteiger partial charge in [0.05, 0.1) is 24.7 Å². The molecule has 0 N–H and O–H groups in total. The molecule has 23 heavy (non-hydrogen) atoms. The highest BCUT2D eigenvalue weighted by Gasteiger charge is 2.42. The summed E-state index contributed by atoms with van der Waals surface area (Å²) in [5.74, 6) is 0. The number of aryl methyl sites for hydroxylation is 2. The molecule has 0 unspecified atom stereocenters. The number of aromatic nitrogens is 4. The Hall–Kier alpha value is -1.71. The Morgan fingerprint density at radius 2 is 2.13 bits per heavy atom. The summed E-state index contributed by atoms with van der Waals surface area (Å²) in [6.45, 7) is 0.433. The third kappa shape index (κ3) is 3.04. The van der Waals surface area contributed by atoms with E-state index in [4.69, 9.17) is 4.74 Å². The lowest BCUT2D eigenvalue weighted by atomic mass is 10.1. The van der Waals surface area contributed by atoms with Gasteiger partial charge in [-0.15, -0.1) is 0 Å². The van der Waals surface area contributed by atoms with Gasteiger partial charge in [-0.1, -0.05) is 0 Å². The summed E-state index contributed by atoms with van der Waals surface area (Å²) in [5, 5.41) is 4.23. The summed E-state index contributed by atoms with van der Waals surface area (Å²) in [7, 11) is 1.59. The van der Waals surface area contributed by atoms with Crippen molar-refractivity contribution in [2.24, 2.45) is 14.1 Å². The molecule has 0 radical (unpaired) electrons. The number of ether oxygens (including phenoxy) is 1. The van der Waals surface area contributed by atoms with Crippen LogP contribution in [0.5, 0.6) is 0 Å². The summed E-state index contributed by atoms with van der Waals surface area (Å²) in [4.78, 5) is 4.00. The first-order valence-electron chi connectivity index (χ1n) is 7.42. The Labute approximate surface area is 135 Å². The van der Waals surface area contributed by atoms with E-state index in [1.807, 2.05) is 13.2 Å². The molecular weight excluding hydrogens is 318 g/mol. The zero-order valence-electron chi connectivity index (χ0n) is 13.5. The standard InChI is InChI=1S/C14H21N5O3S/c1-17-9-14(15-10-17)23(20,21)19-5-4-13(22-3)12(19)6-11-7-16-18(2)8-11/h7-10,12-13H,4-6H2,1-3H3/t12-,13+/m0/s1. The average molecular weight is 339 g/mol. The lowest BCUT2D eigenvalue weighted by Gasteiger charge is -2.25. The van der Waals surface area contributed by atoms with Crippen molar-refractivity contribution in [3.63, 3.8) is 0 Å². The van der Waals surface area contributed by atoms with Crippen LogP contribution >= 0.6 is 0 Å². The van der Waals surface area contributed by atoms with Gasteiger partial charge in [-0.2, -0.15) is 9.40 Å². The first-order valence-corrected chi connectivity index (χ1v) is 8.86. The smallest absolute Gasteiger partial charge is 0.262 e. The van der Waals surface area contributed by atoms with Gasteiger partial charge < -0.3 is 9.30 Å². The molecule has 1 fully saturated rings. The fourth-order valence-electron chi connectivity index (χ4n) is 3.07. The maximum absolute atomic E-state index is 12.9. The summed E-state index contributed by atoms with van der Waals surface area (Å²) >= 11 is 0. The highest BCUT2D eigenvalue weighted by molar-refractivity contribution is 7.89. The van der Waals surface area contributed by atoms with Gasteiger partial charge in [0.15, 0.2) is 5.03 Å². The predicted octanol–water partition coefficient (Wildman–Crippen LogP) is 0.174. The van der Waals surface area contributed by atoms with Crippen molar-refractivity contribution in [3.8, 4) is 0 Å². The van der Waals surface area contributed by atoms with E-state index in [9.17, 15) is 8.42 Å². The molecule has 3 rings (SSSR count). The van der Waals surface area contributed by atoms with E-state index in [-0.39, 0.29) is 17.2 Å².